The number of phenolic OH excluding ortho intramolecular Hbond substituents is 1. The quantitative estimate of drug-likeness (QED) is 0.0236. The number of carbonyl (C=O) groups excluding carboxylic acids is 7. The van der Waals surface area contributed by atoms with Crippen molar-refractivity contribution in [3.05, 3.63) is 65.7 Å². The van der Waals surface area contributed by atoms with Gasteiger partial charge in [0.15, 0.2) is 11.9 Å². The number of nitrogens with one attached hydrogen (secondary N) is 5. The summed E-state index contributed by atoms with van der Waals surface area (Å²) < 4.78 is 0. The molecule has 19 N–H and O–H groups in total. The molecule has 0 aromatic heterocycles. The Kier molecular flexibility index (Phi) is 22.3. The van der Waals surface area contributed by atoms with Gasteiger partial charge in [-0.15, -0.1) is 0 Å². The van der Waals surface area contributed by atoms with Crippen LogP contribution < -0.4 is 61.0 Å². The zero-order chi connectivity index (χ0) is 49.6. The van der Waals surface area contributed by atoms with E-state index < -0.39 is 90.3 Å². The van der Waals surface area contributed by atoms with Gasteiger partial charge >= 0.3 is 0 Å². The molecule has 368 valence electrons. The van der Waals surface area contributed by atoms with E-state index in [1.54, 1.807) is 42.5 Å². The molecule has 7 amide bonds. The molecule has 1 saturated heterocycles. The molecule has 1 fully saturated rings. The minimum atomic E-state index is -1.58. The van der Waals surface area contributed by atoms with Crippen molar-refractivity contribution in [1.29, 1.82) is 0 Å². The molecule has 3 rings (SSSR count). The first-order valence-electron chi connectivity index (χ1n) is 22.2. The predicted octanol–water partition coefficient (Wildman–Crippen LogP) is -3.45. The molecule has 23 heteroatoms. The number of nitrogens with two attached hydrogens (primary N) is 6. The molecule has 23 nitrogen and oxygen atoms in total. The number of benzene rings is 2. The summed E-state index contributed by atoms with van der Waals surface area (Å²) in [6.45, 7) is 3.24. The first kappa shape index (κ1) is 54.3. The van der Waals surface area contributed by atoms with Crippen LogP contribution in [0.25, 0.3) is 0 Å². The Morgan fingerprint density at radius 1 is 0.672 bits per heavy atom. The lowest BCUT2D eigenvalue weighted by molar-refractivity contribution is -0.143. The van der Waals surface area contributed by atoms with Crippen molar-refractivity contribution in [2.45, 2.75) is 114 Å². The SMILES string of the molecule is CC(C)CC(NC(=O)C(CCCN=C(N)N)NC(=O)C1CCCN1C(=O)C(CO)NC(=O)C(Cc1ccccc1)NC(=O)C(Cc1ccc(O)cc1)NC(=O)C(N)CCCN=C(N)N)C(N)=O. The molecule has 1 heterocycles. The van der Waals surface area contributed by atoms with Gasteiger partial charge in [0.1, 0.15) is 42.0 Å². The third-order valence-electron chi connectivity index (χ3n) is 10.8. The Balaban J connectivity index is 1.84. The normalized spacial score (nSPS) is 16.0. The maximum Gasteiger partial charge on any atom is 0.248 e. The van der Waals surface area contributed by atoms with Gasteiger partial charge in [0.25, 0.3) is 0 Å². The number of aliphatic hydroxyl groups is 1. The number of hydrogen-bond acceptors (Lipinski definition) is 12. The third-order valence-corrected chi connectivity index (χ3v) is 10.8. The summed E-state index contributed by atoms with van der Waals surface area (Å²) in [5.74, 6) is -5.54. The van der Waals surface area contributed by atoms with E-state index >= 15 is 0 Å². The van der Waals surface area contributed by atoms with Crippen LogP contribution >= 0.6 is 0 Å². The average molecular weight is 937 g/mol. The fourth-order valence-electron chi connectivity index (χ4n) is 7.33. The van der Waals surface area contributed by atoms with Crippen LogP contribution in [0.3, 0.4) is 0 Å². The fraction of sp³-hybridized carbons (Fsp3) is 0.523. The van der Waals surface area contributed by atoms with Gasteiger partial charge in [-0.2, -0.15) is 0 Å². The van der Waals surface area contributed by atoms with Gasteiger partial charge in [-0.25, -0.2) is 0 Å². The lowest BCUT2D eigenvalue weighted by atomic mass is 10.0. The largest absolute Gasteiger partial charge is 0.508 e. The zero-order valence-electron chi connectivity index (χ0n) is 38.1. The van der Waals surface area contributed by atoms with E-state index in [0.29, 0.717) is 24.0 Å². The van der Waals surface area contributed by atoms with Crippen LogP contribution in [0, 0.1) is 5.92 Å². The van der Waals surface area contributed by atoms with E-state index in [-0.39, 0.29) is 88.2 Å². The van der Waals surface area contributed by atoms with Crippen molar-refractivity contribution < 1.29 is 43.8 Å². The summed E-state index contributed by atoms with van der Waals surface area (Å²) in [4.78, 5) is 104. The Bertz CT molecular complexity index is 2030. The highest BCUT2D eigenvalue weighted by Crippen LogP contribution is 2.20. The van der Waals surface area contributed by atoms with E-state index in [2.05, 4.69) is 36.6 Å². The molecule has 7 unspecified atom stereocenters. The summed E-state index contributed by atoms with van der Waals surface area (Å²) in [7, 11) is 0. The van der Waals surface area contributed by atoms with Crippen LogP contribution in [-0.4, -0.2) is 137 Å². The summed E-state index contributed by atoms with van der Waals surface area (Å²) >= 11 is 0. The van der Waals surface area contributed by atoms with Crippen LogP contribution in [0.15, 0.2) is 64.6 Å². The third kappa shape index (κ3) is 18.8. The van der Waals surface area contributed by atoms with Gasteiger partial charge in [0, 0.05) is 32.5 Å². The smallest absolute Gasteiger partial charge is 0.248 e. The van der Waals surface area contributed by atoms with Gasteiger partial charge in [-0.05, 0) is 74.1 Å². The second-order valence-corrected chi connectivity index (χ2v) is 16.8. The van der Waals surface area contributed by atoms with Crippen molar-refractivity contribution in [1.82, 2.24) is 31.5 Å². The van der Waals surface area contributed by atoms with E-state index in [1.165, 1.54) is 17.0 Å². The Hall–Kier alpha value is -7.01. The predicted molar refractivity (Wildman–Crippen MR) is 250 cm³/mol. The number of guanidine groups is 2. The Morgan fingerprint density at radius 2 is 1.18 bits per heavy atom. The maximum atomic E-state index is 14.2. The zero-order valence-corrected chi connectivity index (χ0v) is 38.1. The number of aliphatic hydroxyl groups excluding tert-OH is 1. The summed E-state index contributed by atoms with van der Waals surface area (Å²) in [6.07, 6.45) is 1.51. The van der Waals surface area contributed by atoms with E-state index in [4.69, 9.17) is 34.4 Å². The van der Waals surface area contributed by atoms with Crippen LogP contribution in [-0.2, 0) is 46.4 Å². The Morgan fingerprint density at radius 3 is 1.72 bits per heavy atom. The molecule has 0 aliphatic carbocycles. The summed E-state index contributed by atoms with van der Waals surface area (Å²) in [5.41, 5.74) is 34.5. The van der Waals surface area contributed by atoms with Gasteiger partial charge < -0.3 is 76.1 Å². The highest BCUT2D eigenvalue weighted by Gasteiger charge is 2.40. The molecule has 0 bridgehead atoms. The molecule has 2 aromatic rings. The second-order valence-electron chi connectivity index (χ2n) is 16.8. The summed E-state index contributed by atoms with van der Waals surface area (Å²) in [5, 5.41) is 33.6. The maximum absolute atomic E-state index is 14.2. The number of nitrogens with zero attached hydrogens (tertiary/aromatic N) is 3. The second kappa shape index (κ2) is 27.5. The molecule has 0 spiro atoms. The molecule has 0 saturated carbocycles. The van der Waals surface area contributed by atoms with Crippen LogP contribution in [0.1, 0.15) is 69.9 Å². The molecule has 67 heavy (non-hydrogen) atoms. The van der Waals surface area contributed by atoms with Crippen molar-refractivity contribution in [2.75, 3.05) is 26.2 Å². The number of likely N-dealkylation sites (tertiary alicyclic amines) is 1. The monoisotopic (exact) mass is 937 g/mol. The number of phenols is 1. The van der Waals surface area contributed by atoms with E-state index in [1.807, 2.05) is 13.8 Å². The molecule has 1 aliphatic heterocycles. The van der Waals surface area contributed by atoms with Crippen molar-refractivity contribution in [3.8, 4) is 5.75 Å². The van der Waals surface area contributed by atoms with E-state index in [9.17, 15) is 43.8 Å². The van der Waals surface area contributed by atoms with Gasteiger partial charge in [0.2, 0.25) is 41.4 Å². The summed E-state index contributed by atoms with van der Waals surface area (Å²) in [6, 6.07) is 6.03. The number of amides is 7. The molecular formula is C44H68N14O9. The van der Waals surface area contributed by atoms with Crippen LogP contribution in [0.5, 0.6) is 5.75 Å². The average Bonchev–Trinajstić information content (AvgIpc) is 3.78. The van der Waals surface area contributed by atoms with Crippen molar-refractivity contribution >= 4 is 53.3 Å². The van der Waals surface area contributed by atoms with Gasteiger partial charge in [0.05, 0.1) is 12.6 Å². The number of aliphatic imine (C=N–C) groups is 2. The topological polar surface area (TPSA) is 404 Å². The van der Waals surface area contributed by atoms with Crippen LogP contribution in [0.2, 0.25) is 0 Å². The number of primary amides is 1. The van der Waals surface area contributed by atoms with Crippen molar-refractivity contribution in [3.63, 3.8) is 0 Å². The standard InChI is InChI=1S/C44H68N14O9/c1-25(2)21-31(36(46)61)54-38(63)30(12-7-19-52-44(49)50)53-41(66)35-13-8-20-58(35)42(67)34(24-59)57-40(65)33(22-26-9-4-3-5-10-26)56-39(64)32(23-27-14-16-28(60)17-15-27)55-37(62)29(45)11-6-18-51-43(47)48/h3-5,9-10,14-17,25,29-35,59-60H,6-8,11-13,18-24,45H2,1-2H3,(H2,46,61)(H,53,66)(H,54,63)(H,55,62)(H,56,64)(H,57,65)(H4,47,48,51)(H4,49,50,52). The van der Waals surface area contributed by atoms with Crippen molar-refractivity contribution in [2.24, 2.45) is 50.3 Å². The Labute approximate surface area is 389 Å². The van der Waals surface area contributed by atoms with Crippen LogP contribution in [0.4, 0.5) is 0 Å². The van der Waals surface area contributed by atoms with Gasteiger partial charge in [-0.3, -0.25) is 43.5 Å². The number of hydrogen-bond donors (Lipinski definition) is 13. The van der Waals surface area contributed by atoms with E-state index in [0.717, 1.165) is 0 Å². The first-order chi connectivity index (χ1) is 31.8. The highest BCUT2D eigenvalue weighted by molar-refractivity contribution is 5.97. The highest BCUT2D eigenvalue weighted by atomic mass is 16.3. The number of carbonyl (C=O) groups is 7. The molecular weight excluding hydrogens is 869 g/mol. The van der Waals surface area contributed by atoms with Gasteiger partial charge in [-0.1, -0.05) is 56.3 Å². The molecule has 1 aliphatic rings. The number of rotatable bonds is 27. The number of aromatic hydroxyl groups is 1. The first-order valence-corrected chi connectivity index (χ1v) is 22.2. The molecule has 7 atom stereocenters. The lowest BCUT2D eigenvalue weighted by Gasteiger charge is -2.30. The molecule has 2 aromatic carbocycles. The minimum Gasteiger partial charge on any atom is -0.508 e. The fourth-order valence-corrected chi connectivity index (χ4v) is 7.33. The minimum absolute atomic E-state index is 0.00110. The molecule has 0 radical (unpaired) electrons. The lowest BCUT2D eigenvalue weighted by Crippen LogP contribution is -2.60.